The summed E-state index contributed by atoms with van der Waals surface area (Å²) >= 11 is 5.77. The molecule has 6 heteroatoms. The summed E-state index contributed by atoms with van der Waals surface area (Å²) in [5, 5.41) is 11.8. The molecule has 1 amide bonds. The molecular weight excluding hydrogens is 280 g/mol. The predicted octanol–water partition coefficient (Wildman–Crippen LogP) is 2.64. The van der Waals surface area contributed by atoms with Gasteiger partial charge in [0.05, 0.1) is 10.6 Å². The second-order valence-electron chi connectivity index (χ2n) is 5.29. The van der Waals surface area contributed by atoms with Crippen LogP contribution in [-0.4, -0.2) is 22.5 Å². The molecule has 0 saturated heterocycles. The Kier molecular flexibility index (Phi) is 4.30. The van der Waals surface area contributed by atoms with Gasteiger partial charge >= 0.3 is 5.97 Å². The molecule has 0 radical (unpaired) electrons. The number of hydrogen-bond donors (Lipinski definition) is 3. The number of carboxylic acid groups (broad SMARTS) is 1. The first-order valence-electron chi connectivity index (χ1n) is 6.51. The van der Waals surface area contributed by atoms with Crippen molar-refractivity contribution in [3.05, 3.63) is 28.8 Å². The van der Waals surface area contributed by atoms with E-state index in [2.05, 4.69) is 5.32 Å². The van der Waals surface area contributed by atoms with Crippen LogP contribution in [0.15, 0.2) is 18.2 Å². The Morgan fingerprint density at radius 3 is 2.60 bits per heavy atom. The molecule has 2 rings (SSSR count). The minimum absolute atomic E-state index is 0.0344. The van der Waals surface area contributed by atoms with Gasteiger partial charge in [0, 0.05) is 17.6 Å². The van der Waals surface area contributed by atoms with Crippen molar-refractivity contribution in [1.82, 2.24) is 0 Å². The average Bonchev–Trinajstić information content (AvgIpc) is 2.77. The molecule has 0 bridgehead atoms. The second kappa shape index (κ2) is 5.81. The molecule has 0 atom stereocenters. The first kappa shape index (κ1) is 14.8. The average molecular weight is 297 g/mol. The Morgan fingerprint density at radius 2 is 2.00 bits per heavy atom. The molecule has 0 heterocycles. The Hall–Kier alpha value is -1.59. The van der Waals surface area contributed by atoms with Crippen LogP contribution < -0.4 is 11.1 Å². The van der Waals surface area contributed by atoms with Gasteiger partial charge in [-0.15, -0.1) is 0 Å². The van der Waals surface area contributed by atoms with Gasteiger partial charge in [0.2, 0.25) is 5.91 Å². The zero-order chi connectivity index (χ0) is 14.8. The fourth-order valence-electron chi connectivity index (χ4n) is 2.55. The van der Waals surface area contributed by atoms with Crippen molar-refractivity contribution in [3.63, 3.8) is 0 Å². The van der Waals surface area contributed by atoms with Gasteiger partial charge in [-0.1, -0.05) is 24.4 Å². The first-order valence-corrected chi connectivity index (χ1v) is 6.89. The molecule has 0 unspecified atom stereocenters. The number of amides is 1. The highest BCUT2D eigenvalue weighted by Crippen LogP contribution is 2.30. The summed E-state index contributed by atoms with van der Waals surface area (Å²) in [7, 11) is 0. The van der Waals surface area contributed by atoms with Crippen molar-refractivity contribution in [2.75, 3.05) is 5.32 Å². The largest absolute Gasteiger partial charge is 0.478 e. The summed E-state index contributed by atoms with van der Waals surface area (Å²) in [5.41, 5.74) is 6.10. The molecule has 4 N–H and O–H groups in total. The zero-order valence-corrected chi connectivity index (χ0v) is 11.7. The van der Waals surface area contributed by atoms with Crippen molar-refractivity contribution < 1.29 is 14.7 Å². The number of carbonyl (C=O) groups excluding carboxylic acids is 1. The van der Waals surface area contributed by atoms with E-state index in [1.807, 2.05) is 0 Å². The number of aromatic carboxylic acids is 1. The number of hydrogen-bond acceptors (Lipinski definition) is 3. The smallest absolute Gasteiger partial charge is 0.337 e. The summed E-state index contributed by atoms with van der Waals surface area (Å²) in [6, 6.07) is 4.37. The van der Waals surface area contributed by atoms with Crippen LogP contribution in [0, 0.1) is 0 Å². The van der Waals surface area contributed by atoms with E-state index in [0.29, 0.717) is 5.69 Å². The van der Waals surface area contributed by atoms with E-state index in [-0.39, 0.29) is 22.9 Å². The third-order valence-corrected chi connectivity index (χ3v) is 3.92. The molecule has 1 fully saturated rings. The van der Waals surface area contributed by atoms with Crippen molar-refractivity contribution in [2.45, 2.75) is 37.6 Å². The highest BCUT2D eigenvalue weighted by Gasteiger charge is 2.31. The quantitative estimate of drug-likeness (QED) is 0.796. The lowest BCUT2D eigenvalue weighted by Crippen LogP contribution is -2.40. The van der Waals surface area contributed by atoms with E-state index in [4.69, 9.17) is 22.4 Å². The van der Waals surface area contributed by atoms with E-state index in [9.17, 15) is 9.59 Å². The third kappa shape index (κ3) is 3.49. The maximum absolute atomic E-state index is 12.0. The number of nitrogens with one attached hydrogen (secondary N) is 1. The van der Waals surface area contributed by atoms with E-state index >= 15 is 0 Å². The lowest BCUT2D eigenvalue weighted by molar-refractivity contribution is -0.117. The van der Waals surface area contributed by atoms with Gasteiger partial charge < -0.3 is 16.2 Å². The van der Waals surface area contributed by atoms with Crippen molar-refractivity contribution in [2.24, 2.45) is 5.73 Å². The summed E-state index contributed by atoms with van der Waals surface area (Å²) in [4.78, 5) is 22.9. The van der Waals surface area contributed by atoms with Gasteiger partial charge in [0.15, 0.2) is 0 Å². The van der Waals surface area contributed by atoms with Crippen LogP contribution in [0.1, 0.15) is 42.5 Å². The molecule has 0 aliphatic heterocycles. The van der Waals surface area contributed by atoms with Gasteiger partial charge in [-0.3, -0.25) is 4.79 Å². The number of halogens is 1. The van der Waals surface area contributed by atoms with Crippen LogP contribution in [0.5, 0.6) is 0 Å². The summed E-state index contributed by atoms with van der Waals surface area (Å²) < 4.78 is 0. The van der Waals surface area contributed by atoms with Crippen LogP contribution in [-0.2, 0) is 4.79 Å². The highest BCUT2D eigenvalue weighted by atomic mass is 35.5. The van der Waals surface area contributed by atoms with Gasteiger partial charge in [0.1, 0.15) is 0 Å². The van der Waals surface area contributed by atoms with Crippen LogP contribution in [0.25, 0.3) is 0 Å². The summed E-state index contributed by atoms with van der Waals surface area (Å²) in [6.45, 7) is 0. The maximum Gasteiger partial charge on any atom is 0.337 e. The molecule has 108 valence electrons. The Balaban J connectivity index is 2.04. The maximum atomic E-state index is 12.0. The second-order valence-corrected chi connectivity index (χ2v) is 5.70. The van der Waals surface area contributed by atoms with Crippen molar-refractivity contribution in [3.8, 4) is 0 Å². The zero-order valence-electron chi connectivity index (χ0n) is 11.0. The molecule has 1 saturated carbocycles. The number of nitrogens with two attached hydrogens (primary N) is 1. The Labute approximate surface area is 122 Å². The van der Waals surface area contributed by atoms with E-state index in [1.165, 1.54) is 12.1 Å². The lowest BCUT2D eigenvalue weighted by Gasteiger charge is -2.22. The minimum Gasteiger partial charge on any atom is -0.478 e. The first-order chi connectivity index (χ1) is 9.39. The number of rotatable bonds is 4. The van der Waals surface area contributed by atoms with E-state index < -0.39 is 11.5 Å². The van der Waals surface area contributed by atoms with Gasteiger partial charge in [-0.25, -0.2) is 4.79 Å². The number of carboxylic acids is 1. The van der Waals surface area contributed by atoms with E-state index in [0.717, 1.165) is 25.7 Å². The Morgan fingerprint density at radius 1 is 1.35 bits per heavy atom. The minimum atomic E-state index is -1.13. The summed E-state index contributed by atoms with van der Waals surface area (Å²) in [5.74, 6) is -1.33. The SMILES string of the molecule is NC1(CC(=O)Nc2ccc(Cl)c(C(=O)O)c2)CCCC1. The van der Waals surface area contributed by atoms with Crippen molar-refractivity contribution >= 4 is 29.2 Å². The van der Waals surface area contributed by atoms with Gasteiger partial charge in [-0.2, -0.15) is 0 Å². The number of carbonyl (C=O) groups is 2. The molecular formula is C14H17ClN2O3. The van der Waals surface area contributed by atoms with Gasteiger partial charge in [0.25, 0.3) is 0 Å². The highest BCUT2D eigenvalue weighted by molar-refractivity contribution is 6.33. The third-order valence-electron chi connectivity index (χ3n) is 3.59. The Bertz CT molecular complexity index is 539. The van der Waals surface area contributed by atoms with Crippen LogP contribution >= 0.6 is 11.6 Å². The molecule has 1 aliphatic rings. The molecule has 0 spiro atoms. The standard InChI is InChI=1S/C14H17ClN2O3/c15-11-4-3-9(7-10(11)13(19)20)17-12(18)8-14(16)5-1-2-6-14/h3-4,7H,1-2,5-6,8,16H2,(H,17,18)(H,19,20). The molecule has 1 aromatic carbocycles. The van der Waals surface area contributed by atoms with Crippen LogP contribution in [0.3, 0.4) is 0 Å². The number of benzene rings is 1. The molecule has 5 nitrogen and oxygen atoms in total. The molecule has 1 aromatic rings. The van der Waals surface area contributed by atoms with Crippen LogP contribution in [0.4, 0.5) is 5.69 Å². The predicted molar refractivity (Wildman–Crippen MR) is 77.0 cm³/mol. The van der Waals surface area contributed by atoms with Gasteiger partial charge in [-0.05, 0) is 31.0 Å². The summed E-state index contributed by atoms with van der Waals surface area (Å²) in [6.07, 6.45) is 4.04. The number of anilines is 1. The van der Waals surface area contributed by atoms with Crippen molar-refractivity contribution in [1.29, 1.82) is 0 Å². The topological polar surface area (TPSA) is 92.4 Å². The van der Waals surface area contributed by atoms with E-state index in [1.54, 1.807) is 6.07 Å². The fourth-order valence-corrected chi connectivity index (χ4v) is 2.75. The van der Waals surface area contributed by atoms with Crippen LogP contribution in [0.2, 0.25) is 5.02 Å². The molecule has 0 aromatic heterocycles. The fraction of sp³-hybridized carbons (Fsp3) is 0.429. The lowest BCUT2D eigenvalue weighted by atomic mass is 9.94. The normalized spacial score (nSPS) is 16.9. The molecule has 1 aliphatic carbocycles. The monoisotopic (exact) mass is 296 g/mol. The molecule has 20 heavy (non-hydrogen) atoms.